The molecule has 3 rings (SSSR count). The number of phenolic OH excluding ortho intramolecular Hbond substituents is 1. The number of rotatable bonds is 3. The van der Waals surface area contributed by atoms with Gasteiger partial charge < -0.3 is 5.11 Å². The smallest absolute Gasteiger partial charge is 0.132 e. The fourth-order valence-electron chi connectivity index (χ4n) is 2.93. The number of benzene rings is 2. The summed E-state index contributed by atoms with van der Waals surface area (Å²) in [5.74, 6) is 0.322. The molecule has 0 amide bonds. The van der Waals surface area contributed by atoms with E-state index < -0.39 is 0 Å². The first-order chi connectivity index (χ1) is 10.3. The lowest BCUT2D eigenvalue weighted by Gasteiger charge is -2.17. The summed E-state index contributed by atoms with van der Waals surface area (Å²) in [6.07, 6.45) is 8.08. The van der Waals surface area contributed by atoms with Crippen LogP contribution >= 0.6 is 0 Å². The average molecular weight is 279 g/mol. The largest absolute Gasteiger partial charge is 0.507 e. The van der Waals surface area contributed by atoms with Gasteiger partial charge in [-0.1, -0.05) is 61.7 Å². The number of hydrogen-bond acceptors (Lipinski definition) is 2. The van der Waals surface area contributed by atoms with E-state index in [1.165, 1.54) is 32.1 Å². The van der Waals surface area contributed by atoms with Crippen LogP contribution < -0.4 is 0 Å². The van der Waals surface area contributed by atoms with Crippen molar-refractivity contribution in [2.24, 2.45) is 4.99 Å². The topological polar surface area (TPSA) is 32.6 Å². The van der Waals surface area contributed by atoms with Crippen LogP contribution in [0.2, 0.25) is 0 Å². The van der Waals surface area contributed by atoms with E-state index in [-0.39, 0.29) is 0 Å². The first-order valence-corrected chi connectivity index (χ1v) is 7.75. The second-order valence-electron chi connectivity index (χ2n) is 5.68. The first kappa shape index (κ1) is 13.9. The molecule has 0 aromatic heterocycles. The highest BCUT2D eigenvalue weighted by atomic mass is 16.3. The summed E-state index contributed by atoms with van der Waals surface area (Å²) >= 11 is 0. The predicted molar refractivity (Wildman–Crippen MR) is 88.0 cm³/mol. The molecule has 21 heavy (non-hydrogen) atoms. The molecule has 1 saturated carbocycles. The highest BCUT2D eigenvalue weighted by molar-refractivity contribution is 5.88. The van der Waals surface area contributed by atoms with Gasteiger partial charge in [-0.3, -0.25) is 4.99 Å². The molecule has 0 spiro atoms. The number of nitrogens with zero attached hydrogens (tertiary/aromatic N) is 1. The third-order valence-corrected chi connectivity index (χ3v) is 4.15. The Balaban J connectivity index is 1.85. The van der Waals surface area contributed by atoms with Crippen LogP contribution in [0.3, 0.4) is 0 Å². The van der Waals surface area contributed by atoms with Gasteiger partial charge in [0, 0.05) is 23.4 Å². The summed E-state index contributed by atoms with van der Waals surface area (Å²) in [6, 6.07) is 16.2. The minimum Gasteiger partial charge on any atom is -0.507 e. The molecule has 1 aliphatic rings. The van der Waals surface area contributed by atoms with Gasteiger partial charge in [-0.15, -0.1) is 0 Å². The maximum atomic E-state index is 10.5. The van der Waals surface area contributed by atoms with Crippen molar-refractivity contribution in [3.63, 3.8) is 0 Å². The molecule has 2 nitrogen and oxygen atoms in total. The molecule has 0 aliphatic heterocycles. The lowest BCUT2D eigenvalue weighted by molar-refractivity contribution is 0.444. The quantitative estimate of drug-likeness (QED) is 0.803. The summed E-state index contributed by atoms with van der Waals surface area (Å²) in [5, 5.41) is 10.5. The van der Waals surface area contributed by atoms with E-state index in [9.17, 15) is 5.11 Å². The van der Waals surface area contributed by atoms with Gasteiger partial charge in [-0.05, 0) is 24.5 Å². The maximum absolute atomic E-state index is 10.5. The van der Waals surface area contributed by atoms with Crippen molar-refractivity contribution in [3.8, 4) is 16.9 Å². The molecular formula is C19H21NO. The lowest BCUT2D eigenvalue weighted by Crippen LogP contribution is -2.09. The van der Waals surface area contributed by atoms with Gasteiger partial charge in [-0.25, -0.2) is 0 Å². The van der Waals surface area contributed by atoms with Crippen molar-refractivity contribution < 1.29 is 5.11 Å². The lowest BCUT2D eigenvalue weighted by atomic mass is 9.96. The average Bonchev–Trinajstić information content (AvgIpc) is 2.56. The first-order valence-electron chi connectivity index (χ1n) is 7.75. The van der Waals surface area contributed by atoms with Crippen LogP contribution in [-0.4, -0.2) is 17.4 Å². The molecular weight excluding hydrogens is 258 g/mol. The van der Waals surface area contributed by atoms with Crippen molar-refractivity contribution in [1.82, 2.24) is 0 Å². The Kier molecular flexibility index (Phi) is 4.34. The standard InChI is InChI=1S/C19H21NO/c21-19-16(14-20-17-11-5-2-6-12-17)10-7-13-18(19)15-8-3-1-4-9-15/h1,3-4,7-10,13-14,17,21H,2,5-6,11-12H2/b20-14+. The van der Waals surface area contributed by atoms with E-state index in [1.807, 2.05) is 54.7 Å². The normalized spacial score (nSPS) is 16.4. The van der Waals surface area contributed by atoms with Crippen molar-refractivity contribution in [2.75, 3.05) is 0 Å². The third-order valence-electron chi connectivity index (χ3n) is 4.15. The zero-order valence-electron chi connectivity index (χ0n) is 12.2. The summed E-state index contributed by atoms with van der Waals surface area (Å²) < 4.78 is 0. The third kappa shape index (κ3) is 3.33. The minimum atomic E-state index is 0.322. The molecule has 0 unspecified atom stereocenters. The highest BCUT2D eigenvalue weighted by Crippen LogP contribution is 2.31. The second-order valence-corrected chi connectivity index (χ2v) is 5.68. The van der Waals surface area contributed by atoms with Gasteiger partial charge in [-0.2, -0.15) is 0 Å². The Bertz CT molecular complexity index is 613. The fourth-order valence-corrected chi connectivity index (χ4v) is 2.93. The molecule has 0 heterocycles. The molecule has 2 aromatic carbocycles. The van der Waals surface area contributed by atoms with Crippen molar-refractivity contribution >= 4 is 6.21 Å². The van der Waals surface area contributed by atoms with Gasteiger partial charge in [0.15, 0.2) is 0 Å². The Morgan fingerprint density at radius 2 is 1.67 bits per heavy atom. The molecule has 1 fully saturated rings. The highest BCUT2D eigenvalue weighted by Gasteiger charge is 2.12. The summed E-state index contributed by atoms with van der Waals surface area (Å²) in [6.45, 7) is 0. The molecule has 0 atom stereocenters. The Hall–Kier alpha value is -2.09. The van der Waals surface area contributed by atoms with E-state index in [1.54, 1.807) is 0 Å². The van der Waals surface area contributed by atoms with Crippen LogP contribution in [0, 0.1) is 0 Å². The second kappa shape index (κ2) is 6.57. The molecule has 0 radical (unpaired) electrons. The number of phenols is 1. The van der Waals surface area contributed by atoms with Crippen molar-refractivity contribution in [2.45, 2.75) is 38.1 Å². The number of para-hydroxylation sites is 1. The van der Waals surface area contributed by atoms with Gasteiger partial charge in [0.05, 0.1) is 0 Å². The summed E-state index contributed by atoms with van der Waals surface area (Å²) in [5.41, 5.74) is 2.70. The van der Waals surface area contributed by atoms with Crippen LogP contribution in [0.1, 0.15) is 37.7 Å². The Labute approximate surface area is 126 Å². The van der Waals surface area contributed by atoms with Gasteiger partial charge >= 0.3 is 0 Å². The molecule has 1 aliphatic carbocycles. The SMILES string of the molecule is Oc1c(/C=N/C2CCCCC2)cccc1-c1ccccc1. The number of aliphatic imine (C=N–C) groups is 1. The van der Waals surface area contributed by atoms with Gasteiger partial charge in [0.25, 0.3) is 0 Å². The molecule has 2 heteroatoms. The summed E-state index contributed by atoms with van der Waals surface area (Å²) in [4.78, 5) is 4.66. The van der Waals surface area contributed by atoms with Crippen molar-refractivity contribution in [1.29, 1.82) is 0 Å². The molecule has 0 saturated heterocycles. The summed E-state index contributed by atoms with van der Waals surface area (Å²) in [7, 11) is 0. The van der Waals surface area contributed by atoms with E-state index in [0.29, 0.717) is 11.8 Å². The monoisotopic (exact) mass is 279 g/mol. The van der Waals surface area contributed by atoms with Crippen LogP contribution in [0.4, 0.5) is 0 Å². The maximum Gasteiger partial charge on any atom is 0.132 e. The van der Waals surface area contributed by atoms with Gasteiger partial charge in [0.1, 0.15) is 5.75 Å². The molecule has 108 valence electrons. The minimum absolute atomic E-state index is 0.322. The van der Waals surface area contributed by atoms with Crippen LogP contribution in [0.15, 0.2) is 53.5 Å². The molecule has 1 N–H and O–H groups in total. The zero-order valence-corrected chi connectivity index (χ0v) is 12.2. The fraction of sp³-hybridized carbons (Fsp3) is 0.316. The van der Waals surface area contributed by atoms with Gasteiger partial charge in [0.2, 0.25) is 0 Å². The Morgan fingerprint density at radius 1 is 0.905 bits per heavy atom. The molecule has 0 bridgehead atoms. The van der Waals surface area contributed by atoms with Crippen LogP contribution in [0.25, 0.3) is 11.1 Å². The van der Waals surface area contributed by atoms with E-state index in [0.717, 1.165) is 16.7 Å². The van der Waals surface area contributed by atoms with Crippen LogP contribution in [-0.2, 0) is 0 Å². The van der Waals surface area contributed by atoms with E-state index in [4.69, 9.17) is 0 Å². The Morgan fingerprint density at radius 3 is 2.43 bits per heavy atom. The van der Waals surface area contributed by atoms with E-state index in [2.05, 4.69) is 4.99 Å². The number of hydrogen-bond donors (Lipinski definition) is 1. The van der Waals surface area contributed by atoms with E-state index >= 15 is 0 Å². The van der Waals surface area contributed by atoms with Crippen LogP contribution in [0.5, 0.6) is 5.75 Å². The number of aromatic hydroxyl groups is 1. The zero-order chi connectivity index (χ0) is 14.5. The van der Waals surface area contributed by atoms with Crippen molar-refractivity contribution in [3.05, 3.63) is 54.1 Å². The molecule has 2 aromatic rings. The predicted octanol–water partition coefficient (Wildman–Crippen LogP) is 4.81.